The third kappa shape index (κ3) is 2.41. The fourth-order valence-electron chi connectivity index (χ4n) is 4.52. The lowest BCUT2D eigenvalue weighted by molar-refractivity contribution is -0.199. The first kappa shape index (κ1) is 16.9. The van der Waals surface area contributed by atoms with Gasteiger partial charge in [0.2, 0.25) is 0 Å². The van der Waals surface area contributed by atoms with Crippen LogP contribution in [0.25, 0.3) is 0 Å². The maximum Gasteiger partial charge on any atom is 0.476 e. The van der Waals surface area contributed by atoms with Crippen molar-refractivity contribution in [3.05, 3.63) is 0 Å². The van der Waals surface area contributed by atoms with Crippen LogP contribution >= 0.6 is 0 Å². The topological polar surface area (TPSA) is 47.6 Å². The van der Waals surface area contributed by atoms with Crippen molar-refractivity contribution < 1.29 is 13.5 Å². The lowest BCUT2D eigenvalue weighted by atomic mass is 9.43. The molecule has 1 N–H and O–H groups in total. The van der Waals surface area contributed by atoms with E-state index in [-0.39, 0.29) is 29.5 Å². The van der Waals surface area contributed by atoms with E-state index in [1.165, 1.54) is 6.42 Å². The molecule has 6 heteroatoms. The zero-order valence-corrected chi connectivity index (χ0v) is 15.8. The van der Waals surface area contributed by atoms with E-state index in [1.54, 1.807) is 0 Å². The normalized spacial score (nSPS) is 42.5. The lowest BCUT2D eigenvalue weighted by Gasteiger charge is -2.64. The highest BCUT2D eigenvalue weighted by atomic mass is 32.2. The molecular formula is C16H30BNO3S. The third-order valence-electron chi connectivity index (χ3n) is 6.23. The Morgan fingerprint density at radius 1 is 1.27 bits per heavy atom. The predicted molar refractivity (Wildman–Crippen MR) is 90.6 cm³/mol. The second kappa shape index (κ2) is 5.04. The van der Waals surface area contributed by atoms with Gasteiger partial charge in [-0.2, -0.15) is 0 Å². The Labute approximate surface area is 137 Å². The zero-order chi connectivity index (χ0) is 16.5. The van der Waals surface area contributed by atoms with Crippen LogP contribution in [0.2, 0.25) is 0 Å². The van der Waals surface area contributed by atoms with E-state index in [4.69, 9.17) is 9.31 Å². The standard InChI is InChI=1S/C16H30BNO3S/c1-10(18-22(19)14(2,3)4)17-20-13-9-11-8-12(15(11,5)6)16(13,7)21-17/h10-13,18H,8-9H2,1-7H3/t10-,11?,12?,13?,16-,22+/m0/s1. The molecule has 126 valence electrons. The van der Waals surface area contributed by atoms with E-state index in [9.17, 15) is 4.21 Å². The molecule has 0 aromatic heterocycles. The fourth-order valence-corrected chi connectivity index (χ4v) is 5.32. The Bertz CT molecular complexity index is 492. The minimum atomic E-state index is -1.11. The highest BCUT2D eigenvalue weighted by molar-refractivity contribution is 7.84. The summed E-state index contributed by atoms with van der Waals surface area (Å²) in [5.41, 5.74) is 0.163. The van der Waals surface area contributed by atoms with Gasteiger partial charge in [-0.3, -0.25) is 0 Å². The Balaban J connectivity index is 1.69. The third-order valence-corrected chi connectivity index (χ3v) is 7.92. The number of nitrogens with one attached hydrogen (secondary N) is 1. The van der Waals surface area contributed by atoms with Crippen LogP contribution in [-0.4, -0.2) is 33.7 Å². The molecule has 1 heterocycles. The van der Waals surface area contributed by atoms with E-state index in [0.29, 0.717) is 11.3 Å². The molecule has 22 heavy (non-hydrogen) atoms. The van der Waals surface area contributed by atoms with Crippen molar-refractivity contribution in [2.75, 3.05) is 0 Å². The van der Waals surface area contributed by atoms with Crippen LogP contribution in [0, 0.1) is 17.3 Å². The van der Waals surface area contributed by atoms with Crippen molar-refractivity contribution in [1.29, 1.82) is 0 Å². The van der Waals surface area contributed by atoms with Gasteiger partial charge in [0.05, 0.1) is 33.4 Å². The Morgan fingerprint density at radius 3 is 2.45 bits per heavy atom. The van der Waals surface area contributed by atoms with Crippen LogP contribution in [0.5, 0.6) is 0 Å². The second-order valence-corrected chi connectivity index (χ2v) is 11.1. The molecule has 2 bridgehead atoms. The summed E-state index contributed by atoms with van der Waals surface area (Å²) >= 11 is 0. The van der Waals surface area contributed by atoms with Gasteiger partial charge < -0.3 is 9.31 Å². The van der Waals surface area contributed by atoms with E-state index >= 15 is 0 Å². The first-order valence-corrected chi connectivity index (χ1v) is 9.62. The molecule has 0 aromatic carbocycles. The maximum atomic E-state index is 12.3. The van der Waals surface area contributed by atoms with Gasteiger partial charge in [-0.1, -0.05) is 20.8 Å². The van der Waals surface area contributed by atoms with Gasteiger partial charge in [0.25, 0.3) is 0 Å². The molecule has 4 fully saturated rings. The molecule has 0 spiro atoms. The predicted octanol–water partition coefficient (Wildman–Crippen LogP) is 2.69. The van der Waals surface area contributed by atoms with Gasteiger partial charge in [-0.15, -0.1) is 0 Å². The first-order chi connectivity index (χ1) is 9.96. The van der Waals surface area contributed by atoms with E-state index in [1.807, 2.05) is 27.7 Å². The van der Waals surface area contributed by atoms with Crippen LogP contribution in [0.1, 0.15) is 61.3 Å². The van der Waals surface area contributed by atoms with Gasteiger partial charge in [0, 0.05) is 0 Å². The van der Waals surface area contributed by atoms with Gasteiger partial charge >= 0.3 is 7.12 Å². The average Bonchev–Trinajstić information content (AvgIpc) is 2.74. The molecular weight excluding hydrogens is 297 g/mol. The molecule has 1 aliphatic heterocycles. The monoisotopic (exact) mass is 327 g/mol. The van der Waals surface area contributed by atoms with Gasteiger partial charge in [-0.05, 0) is 57.8 Å². The summed E-state index contributed by atoms with van der Waals surface area (Å²) < 4.78 is 27.8. The van der Waals surface area contributed by atoms with E-state index in [2.05, 4.69) is 25.5 Å². The summed E-state index contributed by atoms with van der Waals surface area (Å²) in [6, 6.07) is 0. The lowest BCUT2D eigenvalue weighted by Crippen LogP contribution is -2.65. The molecule has 3 saturated carbocycles. The fraction of sp³-hybridized carbons (Fsp3) is 1.00. The van der Waals surface area contributed by atoms with Gasteiger partial charge in [-0.25, -0.2) is 8.93 Å². The largest absolute Gasteiger partial charge is 0.476 e. The zero-order valence-electron chi connectivity index (χ0n) is 14.9. The summed E-state index contributed by atoms with van der Waals surface area (Å²) in [4.78, 5) is 0. The molecule has 3 aliphatic carbocycles. The molecule has 3 unspecified atom stereocenters. The van der Waals surface area contributed by atoms with Gasteiger partial charge in [0.1, 0.15) is 0 Å². The molecule has 4 aliphatic rings. The van der Waals surface area contributed by atoms with Crippen molar-refractivity contribution >= 4 is 18.1 Å². The Hall–Kier alpha value is 0.0949. The molecule has 4 nitrogen and oxygen atoms in total. The summed E-state index contributed by atoms with van der Waals surface area (Å²) in [6.07, 6.45) is 2.53. The smallest absolute Gasteiger partial charge is 0.404 e. The number of hydrogen-bond acceptors (Lipinski definition) is 3. The Morgan fingerprint density at radius 2 is 1.91 bits per heavy atom. The van der Waals surface area contributed by atoms with Crippen molar-refractivity contribution in [2.45, 2.75) is 83.7 Å². The van der Waals surface area contributed by atoms with Crippen LogP contribution in [0.4, 0.5) is 0 Å². The van der Waals surface area contributed by atoms with Crippen molar-refractivity contribution in [3.63, 3.8) is 0 Å². The van der Waals surface area contributed by atoms with Gasteiger partial charge in [0.15, 0.2) is 0 Å². The average molecular weight is 327 g/mol. The summed E-state index contributed by atoms with van der Waals surface area (Å²) in [5, 5.41) is 0. The number of rotatable bonds is 3. The first-order valence-electron chi connectivity index (χ1n) is 8.47. The van der Waals surface area contributed by atoms with Crippen LogP contribution in [-0.2, 0) is 20.3 Å². The van der Waals surface area contributed by atoms with E-state index in [0.717, 1.165) is 12.3 Å². The summed E-state index contributed by atoms with van der Waals surface area (Å²) in [6.45, 7) is 14.9. The Kier molecular flexibility index (Phi) is 3.88. The second-order valence-electron chi connectivity index (χ2n) is 9.12. The molecule has 0 amide bonds. The van der Waals surface area contributed by atoms with Crippen molar-refractivity contribution in [1.82, 2.24) is 4.72 Å². The van der Waals surface area contributed by atoms with Crippen molar-refractivity contribution in [2.24, 2.45) is 17.3 Å². The van der Waals surface area contributed by atoms with Crippen LogP contribution < -0.4 is 4.72 Å². The highest BCUT2D eigenvalue weighted by Crippen LogP contribution is 2.65. The summed E-state index contributed by atoms with van der Waals surface area (Å²) in [5.74, 6) is 1.24. The highest BCUT2D eigenvalue weighted by Gasteiger charge is 2.68. The minimum Gasteiger partial charge on any atom is -0.404 e. The molecule has 6 atom stereocenters. The SMILES string of the molecule is C[C@H](N[S@](=O)C(C)(C)C)B1OC2CC3CC(C3(C)C)[C@]2(C)O1. The summed E-state index contributed by atoms with van der Waals surface area (Å²) in [7, 11) is -1.42. The molecule has 0 aromatic rings. The molecule has 0 radical (unpaired) electrons. The van der Waals surface area contributed by atoms with Crippen LogP contribution in [0.15, 0.2) is 0 Å². The van der Waals surface area contributed by atoms with E-state index < -0.39 is 11.0 Å². The van der Waals surface area contributed by atoms with Crippen molar-refractivity contribution in [3.8, 4) is 0 Å². The number of hydrogen-bond donors (Lipinski definition) is 1. The molecule has 4 rings (SSSR count). The maximum absolute atomic E-state index is 12.3. The quantitative estimate of drug-likeness (QED) is 0.811. The van der Waals surface area contributed by atoms with Crippen LogP contribution in [0.3, 0.4) is 0 Å². The minimum absolute atomic E-state index is 0.0807. The molecule has 1 saturated heterocycles.